The number of carbonyl (C=O) groups excluding carboxylic acids is 2. The van der Waals surface area contributed by atoms with Gasteiger partial charge in [-0.15, -0.1) is 0 Å². The SMILES string of the molecule is C[C@H](NC(=O)[C@H]1CCCN(C(=O)Cc2ccc(F)cc2)C1)c1ccncc1. The fourth-order valence-corrected chi connectivity index (χ4v) is 3.37. The molecule has 1 N–H and O–H groups in total. The van der Waals surface area contributed by atoms with Crippen molar-refractivity contribution in [3.63, 3.8) is 0 Å². The third kappa shape index (κ3) is 5.12. The Hall–Kier alpha value is -2.76. The number of aromatic nitrogens is 1. The topological polar surface area (TPSA) is 62.3 Å². The lowest BCUT2D eigenvalue weighted by molar-refractivity contribution is -0.135. The summed E-state index contributed by atoms with van der Waals surface area (Å²) >= 11 is 0. The van der Waals surface area contributed by atoms with Gasteiger partial charge in [-0.2, -0.15) is 0 Å². The molecule has 1 fully saturated rings. The van der Waals surface area contributed by atoms with Gasteiger partial charge >= 0.3 is 0 Å². The summed E-state index contributed by atoms with van der Waals surface area (Å²) in [7, 11) is 0. The number of nitrogens with one attached hydrogen (secondary N) is 1. The minimum Gasteiger partial charge on any atom is -0.349 e. The lowest BCUT2D eigenvalue weighted by Gasteiger charge is -2.32. The van der Waals surface area contributed by atoms with Crippen molar-refractivity contribution in [1.29, 1.82) is 0 Å². The van der Waals surface area contributed by atoms with Gasteiger partial charge in [0.1, 0.15) is 5.82 Å². The van der Waals surface area contributed by atoms with E-state index in [1.54, 1.807) is 29.4 Å². The van der Waals surface area contributed by atoms with E-state index in [9.17, 15) is 14.0 Å². The zero-order valence-electron chi connectivity index (χ0n) is 15.4. The van der Waals surface area contributed by atoms with E-state index in [-0.39, 0.29) is 36.0 Å². The van der Waals surface area contributed by atoms with Crippen LogP contribution in [0.4, 0.5) is 4.39 Å². The largest absolute Gasteiger partial charge is 0.349 e. The van der Waals surface area contributed by atoms with Crippen molar-refractivity contribution >= 4 is 11.8 Å². The Morgan fingerprint density at radius 2 is 1.93 bits per heavy atom. The first-order valence-corrected chi connectivity index (χ1v) is 9.25. The van der Waals surface area contributed by atoms with Crippen LogP contribution in [0.2, 0.25) is 0 Å². The van der Waals surface area contributed by atoms with Crippen LogP contribution in [-0.4, -0.2) is 34.8 Å². The van der Waals surface area contributed by atoms with Crippen molar-refractivity contribution in [3.05, 3.63) is 65.7 Å². The van der Waals surface area contributed by atoms with Crippen molar-refractivity contribution in [1.82, 2.24) is 15.2 Å². The Morgan fingerprint density at radius 1 is 1.22 bits per heavy atom. The van der Waals surface area contributed by atoms with E-state index in [1.807, 2.05) is 19.1 Å². The molecular weight excluding hydrogens is 345 g/mol. The summed E-state index contributed by atoms with van der Waals surface area (Å²) in [6, 6.07) is 9.61. The Kier molecular flexibility index (Phi) is 6.16. The maximum atomic E-state index is 13.0. The van der Waals surface area contributed by atoms with E-state index in [0.717, 1.165) is 24.0 Å². The smallest absolute Gasteiger partial charge is 0.227 e. The van der Waals surface area contributed by atoms with Gasteiger partial charge in [0.2, 0.25) is 11.8 Å². The number of hydrogen-bond acceptors (Lipinski definition) is 3. The van der Waals surface area contributed by atoms with Gasteiger partial charge in [-0.25, -0.2) is 4.39 Å². The second-order valence-electron chi connectivity index (χ2n) is 6.99. The summed E-state index contributed by atoms with van der Waals surface area (Å²) in [4.78, 5) is 30.9. The van der Waals surface area contributed by atoms with Gasteiger partial charge in [0.05, 0.1) is 18.4 Å². The molecule has 27 heavy (non-hydrogen) atoms. The summed E-state index contributed by atoms with van der Waals surface area (Å²) < 4.78 is 13.0. The second kappa shape index (κ2) is 8.75. The van der Waals surface area contributed by atoms with Crippen molar-refractivity contribution in [2.75, 3.05) is 13.1 Å². The molecule has 0 spiro atoms. The highest BCUT2D eigenvalue weighted by Gasteiger charge is 2.29. The third-order valence-electron chi connectivity index (χ3n) is 4.98. The molecule has 2 heterocycles. The summed E-state index contributed by atoms with van der Waals surface area (Å²) in [6.07, 6.45) is 5.21. The first-order valence-electron chi connectivity index (χ1n) is 9.25. The van der Waals surface area contributed by atoms with Crippen LogP contribution in [0.5, 0.6) is 0 Å². The van der Waals surface area contributed by atoms with Gasteiger partial charge in [-0.1, -0.05) is 12.1 Å². The average Bonchev–Trinajstić information content (AvgIpc) is 2.70. The lowest BCUT2D eigenvalue weighted by Crippen LogP contribution is -2.46. The molecule has 0 radical (unpaired) electrons. The number of hydrogen-bond donors (Lipinski definition) is 1. The summed E-state index contributed by atoms with van der Waals surface area (Å²) in [5, 5.41) is 3.03. The van der Waals surface area contributed by atoms with Crippen LogP contribution in [0, 0.1) is 11.7 Å². The highest BCUT2D eigenvalue weighted by molar-refractivity contribution is 5.82. The van der Waals surface area contributed by atoms with Gasteiger partial charge in [0.15, 0.2) is 0 Å². The number of amides is 2. The van der Waals surface area contributed by atoms with Crippen molar-refractivity contribution in [2.45, 2.75) is 32.2 Å². The predicted molar refractivity (Wildman–Crippen MR) is 100 cm³/mol. The number of carbonyl (C=O) groups is 2. The molecule has 0 unspecified atom stereocenters. The van der Waals surface area contributed by atoms with Gasteiger partial charge in [-0.05, 0) is 55.2 Å². The molecule has 142 valence electrons. The summed E-state index contributed by atoms with van der Waals surface area (Å²) in [5.41, 5.74) is 1.78. The standard InChI is InChI=1S/C21H24FN3O2/c1-15(17-8-10-23-11-9-17)24-21(27)18-3-2-12-25(14-18)20(26)13-16-4-6-19(22)7-5-16/h4-11,15,18H,2-3,12-14H2,1H3,(H,24,27)/t15-,18-/m0/s1. The molecule has 3 rings (SSSR count). The quantitative estimate of drug-likeness (QED) is 0.882. The molecule has 1 aromatic carbocycles. The molecule has 1 saturated heterocycles. The van der Waals surface area contributed by atoms with Crippen LogP contribution < -0.4 is 5.32 Å². The highest BCUT2D eigenvalue weighted by Crippen LogP contribution is 2.20. The average molecular weight is 369 g/mol. The van der Waals surface area contributed by atoms with Crippen LogP contribution in [0.15, 0.2) is 48.8 Å². The summed E-state index contributed by atoms with van der Waals surface area (Å²) in [6.45, 7) is 3.02. The van der Waals surface area contributed by atoms with Crippen LogP contribution in [-0.2, 0) is 16.0 Å². The molecule has 1 aliphatic heterocycles. The minimum atomic E-state index is -0.316. The van der Waals surface area contributed by atoms with Gasteiger partial charge in [0, 0.05) is 25.5 Å². The molecule has 0 saturated carbocycles. The number of benzene rings is 1. The Morgan fingerprint density at radius 3 is 2.63 bits per heavy atom. The van der Waals surface area contributed by atoms with E-state index in [4.69, 9.17) is 0 Å². The van der Waals surface area contributed by atoms with Crippen LogP contribution in [0.25, 0.3) is 0 Å². The Bertz CT molecular complexity index is 780. The lowest BCUT2D eigenvalue weighted by atomic mass is 9.95. The maximum absolute atomic E-state index is 13.0. The minimum absolute atomic E-state index is 0.0266. The molecule has 0 aliphatic carbocycles. The number of likely N-dealkylation sites (tertiary alicyclic amines) is 1. The van der Waals surface area contributed by atoms with E-state index in [0.29, 0.717) is 13.1 Å². The second-order valence-corrected chi connectivity index (χ2v) is 6.99. The molecule has 5 nitrogen and oxygen atoms in total. The normalized spacial score (nSPS) is 18.0. The molecule has 1 aliphatic rings. The van der Waals surface area contributed by atoms with Crippen molar-refractivity contribution < 1.29 is 14.0 Å². The molecule has 2 aromatic rings. The van der Waals surface area contributed by atoms with E-state index >= 15 is 0 Å². The fourth-order valence-electron chi connectivity index (χ4n) is 3.37. The van der Waals surface area contributed by atoms with Crippen LogP contribution in [0.1, 0.15) is 36.9 Å². The first kappa shape index (κ1) is 19.0. The maximum Gasteiger partial charge on any atom is 0.227 e. The highest BCUT2D eigenvalue weighted by atomic mass is 19.1. The Labute approximate surface area is 158 Å². The number of rotatable bonds is 5. The number of pyridine rings is 1. The van der Waals surface area contributed by atoms with Crippen LogP contribution >= 0.6 is 0 Å². The van der Waals surface area contributed by atoms with Gasteiger partial charge in [0.25, 0.3) is 0 Å². The molecule has 2 amide bonds. The first-order chi connectivity index (χ1) is 13.0. The summed E-state index contributed by atoms with van der Waals surface area (Å²) in [5.74, 6) is -0.579. The molecule has 2 atom stereocenters. The Balaban J connectivity index is 1.55. The van der Waals surface area contributed by atoms with Gasteiger partial charge in [-0.3, -0.25) is 14.6 Å². The zero-order chi connectivity index (χ0) is 19.2. The monoisotopic (exact) mass is 369 g/mol. The molecular formula is C21H24FN3O2. The fraction of sp³-hybridized carbons (Fsp3) is 0.381. The van der Waals surface area contributed by atoms with Crippen LogP contribution in [0.3, 0.4) is 0 Å². The molecule has 6 heteroatoms. The van der Waals surface area contributed by atoms with Crippen molar-refractivity contribution in [3.8, 4) is 0 Å². The number of piperidine rings is 1. The van der Waals surface area contributed by atoms with Gasteiger partial charge < -0.3 is 10.2 Å². The van der Waals surface area contributed by atoms with E-state index in [2.05, 4.69) is 10.3 Å². The zero-order valence-corrected chi connectivity index (χ0v) is 15.4. The number of halogens is 1. The predicted octanol–water partition coefficient (Wildman–Crippen LogP) is 2.88. The molecule has 1 aromatic heterocycles. The number of nitrogens with zero attached hydrogens (tertiary/aromatic N) is 2. The van der Waals surface area contributed by atoms with E-state index in [1.165, 1.54) is 12.1 Å². The molecule has 0 bridgehead atoms. The van der Waals surface area contributed by atoms with Crippen molar-refractivity contribution in [2.24, 2.45) is 5.92 Å². The van der Waals surface area contributed by atoms with E-state index < -0.39 is 0 Å². The third-order valence-corrected chi connectivity index (χ3v) is 4.98.